The van der Waals surface area contributed by atoms with Crippen LogP contribution >= 0.6 is 0 Å². The van der Waals surface area contributed by atoms with Gasteiger partial charge in [-0.1, -0.05) is 6.92 Å². The maximum Gasteiger partial charge on any atom is 0.122 e. The number of aromatic nitrogens is 1. The minimum Gasteiger partial charge on any atom is -0.497 e. The predicted octanol–water partition coefficient (Wildman–Crippen LogP) is 1.96. The molecule has 0 aliphatic carbocycles. The number of methoxy groups -OCH3 is 1. The third-order valence-electron chi connectivity index (χ3n) is 2.82. The number of rotatable bonds is 8. The van der Waals surface area contributed by atoms with Crippen molar-refractivity contribution in [2.24, 2.45) is 5.73 Å². The molecule has 0 fully saturated rings. The largest absolute Gasteiger partial charge is 0.497 e. The van der Waals surface area contributed by atoms with Crippen molar-refractivity contribution in [1.29, 1.82) is 0 Å². The van der Waals surface area contributed by atoms with Gasteiger partial charge in [0.1, 0.15) is 5.75 Å². The van der Waals surface area contributed by atoms with Crippen LogP contribution in [0.25, 0.3) is 0 Å². The lowest BCUT2D eigenvalue weighted by atomic mass is 10.2. The number of nitrogens with two attached hydrogens (primary N) is 1. The lowest BCUT2D eigenvalue weighted by Crippen LogP contribution is -2.27. The first-order chi connectivity index (χ1) is 8.69. The lowest BCUT2D eigenvalue weighted by molar-refractivity contribution is 0.260. The molecule has 1 rings (SSSR count). The summed E-state index contributed by atoms with van der Waals surface area (Å²) in [5.74, 6) is 0.882. The highest BCUT2D eigenvalue weighted by molar-refractivity contribution is 5.26. The van der Waals surface area contributed by atoms with Crippen LogP contribution in [0.5, 0.6) is 5.75 Å². The summed E-state index contributed by atoms with van der Waals surface area (Å²) in [6, 6.07) is 3.96. The first-order valence-electron chi connectivity index (χ1n) is 6.63. The summed E-state index contributed by atoms with van der Waals surface area (Å²) in [6.45, 7) is 7.91. The second kappa shape index (κ2) is 8.06. The van der Waals surface area contributed by atoms with Crippen LogP contribution in [0.3, 0.4) is 0 Å². The molecule has 0 aromatic carbocycles. The molecule has 0 spiro atoms. The Kier molecular flexibility index (Phi) is 6.68. The maximum atomic E-state index is 5.57. The first kappa shape index (κ1) is 14.9. The highest BCUT2D eigenvalue weighted by atomic mass is 16.5. The zero-order valence-corrected chi connectivity index (χ0v) is 11.8. The lowest BCUT2D eigenvalue weighted by Gasteiger charge is -2.21. The van der Waals surface area contributed by atoms with E-state index in [4.69, 9.17) is 10.5 Å². The van der Waals surface area contributed by atoms with E-state index in [1.165, 1.54) is 0 Å². The van der Waals surface area contributed by atoms with E-state index in [0.717, 1.165) is 56.2 Å². The summed E-state index contributed by atoms with van der Waals surface area (Å²) < 4.78 is 5.28. The number of aryl methyl sites for hydroxylation is 1. The summed E-state index contributed by atoms with van der Waals surface area (Å²) in [4.78, 5) is 6.96. The normalized spacial score (nSPS) is 10.9. The SMILES string of the molecule is CCCN(CCCN)Cc1cc(OC)cc(C)n1. The second-order valence-corrected chi connectivity index (χ2v) is 4.56. The van der Waals surface area contributed by atoms with Crippen molar-refractivity contribution in [1.82, 2.24) is 9.88 Å². The Morgan fingerprint density at radius 2 is 2.11 bits per heavy atom. The number of hydrogen-bond acceptors (Lipinski definition) is 4. The molecular formula is C14H25N3O. The van der Waals surface area contributed by atoms with Crippen LogP contribution in [0.2, 0.25) is 0 Å². The van der Waals surface area contributed by atoms with Gasteiger partial charge in [-0.05, 0) is 39.4 Å². The topological polar surface area (TPSA) is 51.4 Å². The van der Waals surface area contributed by atoms with E-state index in [1.807, 2.05) is 19.1 Å². The number of hydrogen-bond donors (Lipinski definition) is 1. The van der Waals surface area contributed by atoms with E-state index < -0.39 is 0 Å². The van der Waals surface area contributed by atoms with Crippen molar-refractivity contribution in [2.45, 2.75) is 33.2 Å². The fourth-order valence-electron chi connectivity index (χ4n) is 2.03. The van der Waals surface area contributed by atoms with Crippen LogP contribution in [0.1, 0.15) is 31.2 Å². The van der Waals surface area contributed by atoms with E-state index in [2.05, 4.69) is 16.8 Å². The van der Waals surface area contributed by atoms with Crippen molar-refractivity contribution < 1.29 is 4.74 Å². The Balaban J connectivity index is 2.69. The molecule has 1 aromatic rings. The van der Waals surface area contributed by atoms with Gasteiger partial charge >= 0.3 is 0 Å². The summed E-state index contributed by atoms with van der Waals surface area (Å²) in [6.07, 6.45) is 2.18. The van der Waals surface area contributed by atoms with E-state index in [1.54, 1.807) is 7.11 Å². The van der Waals surface area contributed by atoms with Crippen molar-refractivity contribution in [3.8, 4) is 5.75 Å². The van der Waals surface area contributed by atoms with Gasteiger partial charge in [0.25, 0.3) is 0 Å². The Morgan fingerprint density at radius 1 is 1.33 bits per heavy atom. The third-order valence-corrected chi connectivity index (χ3v) is 2.82. The summed E-state index contributed by atoms with van der Waals surface area (Å²) in [5.41, 5.74) is 7.64. The standard InChI is InChI=1S/C14H25N3O/c1-4-7-17(8-5-6-15)11-13-10-14(18-3)9-12(2)16-13/h9-10H,4-8,11,15H2,1-3H3. The fourth-order valence-corrected chi connectivity index (χ4v) is 2.03. The molecule has 4 nitrogen and oxygen atoms in total. The maximum absolute atomic E-state index is 5.57. The molecule has 0 atom stereocenters. The van der Waals surface area contributed by atoms with Crippen LogP contribution in [0.15, 0.2) is 12.1 Å². The van der Waals surface area contributed by atoms with Gasteiger partial charge in [-0.15, -0.1) is 0 Å². The van der Waals surface area contributed by atoms with Gasteiger partial charge in [-0.3, -0.25) is 9.88 Å². The zero-order chi connectivity index (χ0) is 13.4. The molecule has 0 aliphatic heterocycles. The van der Waals surface area contributed by atoms with E-state index in [0.29, 0.717) is 0 Å². The molecule has 102 valence electrons. The number of nitrogens with zero attached hydrogens (tertiary/aromatic N) is 2. The van der Waals surface area contributed by atoms with Gasteiger partial charge in [-0.25, -0.2) is 0 Å². The summed E-state index contributed by atoms with van der Waals surface area (Å²) in [7, 11) is 1.69. The van der Waals surface area contributed by atoms with E-state index in [-0.39, 0.29) is 0 Å². The van der Waals surface area contributed by atoms with Gasteiger partial charge in [-0.2, -0.15) is 0 Å². The van der Waals surface area contributed by atoms with Gasteiger partial charge < -0.3 is 10.5 Å². The summed E-state index contributed by atoms with van der Waals surface area (Å²) >= 11 is 0. The number of pyridine rings is 1. The zero-order valence-electron chi connectivity index (χ0n) is 11.8. The highest BCUT2D eigenvalue weighted by Crippen LogP contribution is 2.15. The van der Waals surface area contributed by atoms with Crippen molar-refractivity contribution >= 4 is 0 Å². The van der Waals surface area contributed by atoms with Gasteiger partial charge in [0, 0.05) is 24.4 Å². The summed E-state index contributed by atoms with van der Waals surface area (Å²) in [5, 5.41) is 0. The molecule has 0 aliphatic rings. The van der Waals surface area contributed by atoms with Crippen LogP contribution in [0.4, 0.5) is 0 Å². The van der Waals surface area contributed by atoms with Crippen LogP contribution in [-0.4, -0.2) is 36.6 Å². The van der Waals surface area contributed by atoms with Crippen molar-refractivity contribution in [3.05, 3.63) is 23.5 Å². The molecule has 1 heterocycles. The first-order valence-corrected chi connectivity index (χ1v) is 6.63. The molecule has 0 amide bonds. The Labute approximate surface area is 110 Å². The monoisotopic (exact) mass is 251 g/mol. The van der Waals surface area contributed by atoms with Gasteiger partial charge in [0.2, 0.25) is 0 Å². The van der Waals surface area contributed by atoms with Crippen LogP contribution in [0, 0.1) is 6.92 Å². The predicted molar refractivity (Wildman–Crippen MR) is 74.8 cm³/mol. The molecular weight excluding hydrogens is 226 g/mol. The molecule has 0 saturated carbocycles. The molecule has 0 bridgehead atoms. The Bertz CT molecular complexity index is 355. The van der Waals surface area contributed by atoms with Gasteiger partial charge in [0.15, 0.2) is 0 Å². The van der Waals surface area contributed by atoms with Crippen molar-refractivity contribution in [2.75, 3.05) is 26.7 Å². The van der Waals surface area contributed by atoms with E-state index in [9.17, 15) is 0 Å². The molecule has 0 saturated heterocycles. The molecule has 2 N–H and O–H groups in total. The minimum atomic E-state index is 0.741. The van der Waals surface area contributed by atoms with Crippen LogP contribution < -0.4 is 10.5 Å². The molecule has 1 aromatic heterocycles. The van der Waals surface area contributed by atoms with Crippen molar-refractivity contribution in [3.63, 3.8) is 0 Å². The third kappa shape index (κ3) is 5.02. The average Bonchev–Trinajstić information content (AvgIpc) is 2.35. The Morgan fingerprint density at radius 3 is 2.72 bits per heavy atom. The minimum absolute atomic E-state index is 0.741. The molecule has 18 heavy (non-hydrogen) atoms. The molecule has 0 radical (unpaired) electrons. The van der Waals surface area contributed by atoms with Crippen LogP contribution in [-0.2, 0) is 6.54 Å². The molecule has 0 unspecified atom stereocenters. The quantitative estimate of drug-likeness (QED) is 0.767. The fraction of sp³-hybridized carbons (Fsp3) is 0.643. The second-order valence-electron chi connectivity index (χ2n) is 4.56. The van der Waals surface area contributed by atoms with E-state index >= 15 is 0 Å². The van der Waals surface area contributed by atoms with Gasteiger partial charge in [0.05, 0.1) is 12.8 Å². The number of ether oxygens (including phenoxy) is 1. The molecule has 4 heteroatoms. The smallest absolute Gasteiger partial charge is 0.122 e. The highest BCUT2D eigenvalue weighted by Gasteiger charge is 2.07. The Hall–Kier alpha value is -1.13. The average molecular weight is 251 g/mol.